The van der Waals surface area contributed by atoms with E-state index in [-0.39, 0.29) is 0 Å². The molecular weight excluding hydrogens is 264 g/mol. The number of halogens is 4. The molecule has 0 aliphatic carbocycles. The molecule has 6 nitrogen and oxygen atoms in total. The van der Waals surface area contributed by atoms with Crippen LogP contribution in [-0.4, -0.2) is 23.4 Å². The molecule has 0 bridgehead atoms. The molecule has 100 valence electrons. The van der Waals surface area contributed by atoms with Crippen molar-refractivity contribution in [2.45, 2.75) is 13.0 Å². The number of alkyl halides is 4. The van der Waals surface area contributed by atoms with Crippen molar-refractivity contribution in [2.75, 3.05) is 7.11 Å². The van der Waals surface area contributed by atoms with E-state index in [2.05, 4.69) is 14.5 Å². The van der Waals surface area contributed by atoms with Crippen LogP contribution in [0, 0.1) is 10.1 Å². The van der Waals surface area contributed by atoms with Crippen molar-refractivity contribution in [2.24, 2.45) is 0 Å². The number of hydrogen-bond acceptors (Lipinski definition) is 5. The summed E-state index contributed by atoms with van der Waals surface area (Å²) in [7, 11) is 0.974. The summed E-state index contributed by atoms with van der Waals surface area (Å²) < 4.78 is 56.4. The van der Waals surface area contributed by atoms with E-state index in [9.17, 15) is 27.7 Å². The summed E-state index contributed by atoms with van der Waals surface area (Å²) >= 11 is 0. The minimum Gasteiger partial charge on any atom is -0.476 e. The van der Waals surface area contributed by atoms with Gasteiger partial charge in [-0.15, -0.1) is 13.2 Å². The molecule has 0 aliphatic rings. The molecule has 1 rings (SSSR count). The van der Waals surface area contributed by atoms with Gasteiger partial charge in [0.25, 0.3) is 5.88 Å². The van der Waals surface area contributed by atoms with Crippen molar-refractivity contribution >= 4 is 5.69 Å². The quantitative estimate of drug-likeness (QED) is 0.477. The lowest BCUT2D eigenvalue weighted by atomic mass is 10.2. The normalized spacial score (nSPS) is 11.2. The monoisotopic (exact) mass is 270 g/mol. The van der Waals surface area contributed by atoms with Crippen molar-refractivity contribution in [1.82, 2.24) is 4.98 Å². The van der Waals surface area contributed by atoms with Crippen LogP contribution in [0.1, 0.15) is 5.56 Å². The van der Waals surface area contributed by atoms with E-state index in [1.165, 1.54) is 0 Å². The molecule has 10 heteroatoms. The summed E-state index contributed by atoms with van der Waals surface area (Å²) in [5.41, 5.74) is -1.44. The molecule has 0 atom stereocenters. The van der Waals surface area contributed by atoms with Gasteiger partial charge in [-0.25, -0.2) is 4.39 Å². The lowest BCUT2D eigenvalue weighted by Crippen LogP contribution is -2.19. The van der Waals surface area contributed by atoms with Gasteiger partial charge in [-0.2, -0.15) is 4.98 Å². The number of methoxy groups -OCH3 is 1. The van der Waals surface area contributed by atoms with Crippen LogP contribution in [0.2, 0.25) is 0 Å². The van der Waals surface area contributed by atoms with Gasteiger partial charge < -0.3 is 9.47 Å². The van der Waals surface area contributed by atoms with Crippen molar-refractivity contribution in [3.63, 3.8) is 0 Å². The maximum Gasteiger partial charge on any atom is 0.574 e. The highest BCUT2D eigenvalue weighted by Crippen LogP contribution is 2.33. The third-order valence-electron chi connectivity index (χ3n) is 1.75. The fraction of sp³-hybridized carbons (Fsp3) is 0.375. The molecule has 0 unspecified atom stereocenters. The van der Waals surface area contributed by atoms with Gasteiger partial charge in [0.2, 0.25) is 5.88 Å². The third kappa shape index (κ3) is 3.18. The minimum absolute atomic E-state index is 0.576. The second-order valence-corrected chi connectivity index (χ2v) is 2.92. The summed E-state index contributed by atoms with van der Waals surface area (Å²) in [5, 5.41) is 10.5. The molecular formula is C8H6F4N2O4. The topological polar surface area (TPSA) is 74.5 Å². The standard InChI is InChI=1S/C8H6F4N2O4/c1-17-7-5(14(15)16)2-4(3-9)6(13-7)18-8(10,11)12/h2H,3H2,1H3. The molecule has 0 aromatic carbocycles. The Kier molecular flexibility index (Phi) is 3.89. The second-order valence-electron chi connectivity index (χ2n) is 2.92. The molecule has 0 saturated carbocycles. The average molecular weight is 270 g/mol. The summed E-state index contributed by atoms with van der Waals surface area (Å²) in [5.74, 6) is -1.82. The van der Waals surface area contributed by atoms with Gasteiger partial charge in [0.05, 0.1) is 17.6 Å². The Labute approximate surface area is 97.3 Å². The SMILES string of the molecule is COc1nc(OC(F)(F)F)c(CF)cc1[N+](=O)[O-]. The van der Waals surface area contributed by atoms with Crippen LogP contribution in [0.5, 0.6) is 11.8 Å². The Hall–Kier alpha value is -2.13. The number of aromatic nitrogens is 1. The van der Waals surface area contributed by atoms with Gasteiger partial charge in [-0.3, -0.25) is 10.1 Å². The maximum atomic E-state index is 12.5. The smallest absolute Gasteiger partial charge is 0.476 e. The predicted octanol–water partition coefficient (Wildman–Crippen LogP) is 2.37. The Balaban J connectivity index is 3.30. The zero-order chi connectivity index (χ0) is 13.9. The van der Waals surface area contributed by atoms with Gasteiger partial charge >= 0.3 is 12.0 Å². The van der Waals surface area contributed by atoms with Crippen molar-refractivity contribution < 1.29 is 32.0 Å². The highest BCUT2D eigenvalue weighted by molar-refractivity contribution is 5.47. The van der Waals surface area contributed by atoms with Crippen molar-refractivity contribution in [3.8, 4) is 11.8 Å². The lowest BCUT2D eigenvalue weighted by molar-refractivity contribution is -0.386. The highest BCUT2D eigenvalue weighted by atomic mass is 19.4. The predicted molar refractivity (Wildman–Crippen MR) is 48.9 cm³/mol. The zero-order valence-corrected chi connectivity index (χ0v) is 8.82. The van der Waals surface area contributed by atoms with Gasteiger partial charge in [0, 0.05) is 6.07 Å². The Bertz CT molecular complexity index is 463. The number of ether oxygens (including phenoxy) is 2. The van der Waals surface area contributed by atoms with Gasteiger partial charge in [0.1, 0.15) is 6.67 Å². The number of rotatable bonds is 4. The second kappa shape index (κ2) is 5.02. The van der Waals surface area contributed by atoms with E-state index in [4.69, 9.17) is 0 Å². The third-order valence-corrected chi connectivity index (χ3v) is 1.75. The van der Waals surface area contributed by atoms with E-state index < -0.39 is 41.0 Å². The van der Waals surface area contributed by atoms with Crippen molar-refractivity contribution in [1.29, 1.82) is 0 Å². The summed E-state index contributed by atoms with van der Waals surface area (Å²) in [6.45, 7) is -1.40. The fourth-order valence-corrected chi connectivity index (χ4v) is 1.08. The Morgan fingerprint density at radius 1 is 1.44 bits per heavy atom. The van der Waals surface area contributed by atoms with E-state index >= 15 is 0 Å². The highest BCUT2D eigenvalue weighted by Gasteiger charge is 2.34. The molecule has 1 aromatic rings. The number of hydrogen-bond donors (Lipinski definition) is 0. The molecule has 0 radical (unpaired) electrons. The fourth-order valence-electron chi connectivity index (χ4n) is 1.08. The van der Waals surface area contributed by atoms with Crippen molar-refractivity contribution in [3.05, 3.63) is 21.7 Å². The van der Waals surface area contributed by atoms with E-state index in [0.29, 0.717) is 6.07 Å². The summed E-state index contributed by atoms with van der Waals surface area (Å²) in [4.78, 5) is 12.7. The molecule has 0 N–H and O–H groups in total. The molecule has 0 fully saturated rings. The Morgan fingerprint density at radius 3 is 2.44 bits per heavy atom. The molecule has 1 heterocycles. The van der Waals surface area contributed by atoms with Crippen LogP contribution >= 0.6 is 0 Å². The Morgan fingerprint density at radius 2 is 2.06 bits per heavy atom. The first-order valence-corrected chi connectivity index (χ1v) is 4.32. The number of nitro groups is 1. The van der Waals surface area contributed by atoms with Crippen LogP contribution in [0.4, 0.5) is 23.2 Å². The number of pyridine rings is 1. The van der Waals surface area contributed by atoms with Gasteiger partial charge in [0.15, 0.2) is 0 Å². The average Bonchev–Trinajstić information content (AvgIpc) is 2.25. The molecule has 1 aromatic heterocycles. The largest absolute Gasteiger partial charge is 0.574 e. The zero-order valence-electron chi connectivity index (χ0n) is 8.82. The lowest BCUT2D eigenvalue weighted by Gasteiger charge is -2.11. The number of nitrogens with zero attached hydrogens (tertiary/aromatic N) is 2. The molecule has 0 saturated heterocycles. The van der Waals surface area contributed by atoms with Crippen LogP contribution < -0.4 is 9.47 Å². The molecule has 0 amide bonds. The van der Waals surface area contributed by atoms with Gasteiger partial charge in [-0.05, 0) is 0 Å². The maximum absolute atomic E-state index is 12.5. The molecule has 0 aliphatic heterocycles. The first kappa shape index (κ1) is 13.9. The minimum atomic E-state index is -5.09. The summed E-state index contributed by atoms with van der Waals surface area (Å²) in [6.07, 6.45) is -5.09. The van der Waals surface area contributed by atoms with Gasteiger partial charge in [-0.1, -0.05) is 0 Å². The first-order chi connectivity index (χ1) is 8.28. The van der Waals surface area contributed by atoms with E-state index in [1.54, 1.807) is 0 Å². The molecule has 18 heavy (non-hydrogen) atoms. The van der Waals surface area contributed by atoms with Crippen LogP contribution in [0.3, 0.4) is 0 Å². The molecule has 0 spiro atoms. The van der Waals surface area contributed by atoms with E-state index in [1.807, 2.05) is 0 Å². The van der Waals surface area contributed by atoms with Crippen LogP contribution in [0.25, 0.3) is 0 Å². The summed E-state index contributed by atoms with van der Waals surface area (Å²) in [6, 6.07) is 0.576. The van der Waals surface area contributed by atoms with Crippen LogP contribution in [-0.2, 0) is 6.67 Å². The first-order valence-electron chi connectivity index (χ1n) is 4.32. The van der Waals surface area contributed by atoms with Crippen LogP contribution in [0.15, 0.2) is 6.07 Å². The van der Waals surface area contributed by atoms with E-state index in [0.717, 1.165) is 7.11 Å².